The number of rotatable bonds is 2. The van der Waals surface area contributed by atoms with Crippen molar-refractivity contribution in [1.29, 1.82) is 0 Å². The molecule has 4 nitrogen and oxygen atoms in total. The standard InChI is InChI=1S/C19H15N3OS/c1-11-9-15(16(23)10-12(11)2)21-22-19-20-18-14-6-4-3-5-13(14)7-8-17(18)24-19/h3-10,23H,1-2H3. The number of azo groups is 1. The van der Waals surface area contributed by atoms with Gasteiger partial charge in [-0.2, -0.15) is 0 Å². The lowest BCUT2D eigenvalue weighted by atomic mass is 10.1. The van der Waals surface area contributed by atoms with Crippen LogP contribution in [-0.4, -0.2) is 10.1 Å². The first kappa shape index (κ1) is 14.8. The first-order valence-corrected chi connectivity index (χ1v) is 8.44. The van der Waals surface area contributed by atoms with E-state index in [1.165, 1.54) is 11.3 Å². The van der Waals surface area contributed by atoms with Crippen molar-refractivity contribution in [2.24, 2.45) is 10.2 Å². The Kier molecular flexibility index (Phi) is 3.50. The van der Waals surface area contributed by atoms with Crippen molar-refractivity contribution in [2.45, 2.75) is 13.8 Å². The van der Waals surface area contributed by atoms with E-state index in [0.717, 1.165) is 32.1 Å². The van der Waals surface area contributed by atoms with Crippen LogP contribution in [0.5, 0.6) is 5.75 Å². The Morgan fingerprint density at radius 1 is 0.958 bits per heavy atom. The predicted octanol–water partition coefficient (Wildman–Crippen LogP) is 6.19. The molecule has 24 heavy (non-hydrogen) atoms. The van der Waals surface area contributed by atoms with Crippen LogP contribution in [0.15, 0.2) is 58.8 Å². The normalized spacial score (nSPS) is 11.8. The van der Waals surface area contributed by atoms with E-state index in [1.54, 1.807) is 6.07 Å². The van der Waals surface area contributed by atoms with Gasteiger partial charge in [0.25, 0.3) is 0 Å². The minimum absolute atomic E-state index is 0.133. The van der Waals surface area contributed by atoms with Crippen LogP contribution in [0.25, 0.3) is 21.0 Å². The summed E-state index contributed by atoms with van der Waals surface area (Å²) in [4.78, 5) is 4.60. The molecule has 4 aromatic rings. The largest absolute Gasteiger partial charge is 0.506 e. The average Bonchev–Trinajstić information content (AvgIpc) is 3.00. The average molecular weight is 333 g/mol. The van der Waals surface area contributed by atoms with E-state index in [0.29, 0.717) is 10.8 Å². The van der Waals surface area contributed by atoms with E-state index in [1.807, 2.05) is 32.0 Å². The summed E-state index contributed by atoms with van der Waals surface area (Å²) < 4.78 is 1.08. The quantitative estimate of drug-likeness (QED) is 0.445. The van der Waals surface area contributed by atoms with Crippen molar-refractivity contribution in [1.82, 2.24) is 4.98 Å². The van der Waals surface area contributed by atoms with Crippen LogP contribution < -0.4 is 0 Å². The lowest BCUT2D eigenvalue weighted by molar-refractivity contribution is 0.476. The fourth-order valence-electron chi connectivity index (χ4n) is 2.65. The molecule has 5 heteroatoms. The number of hydrogen-bond donors (Lipinski definition) is 1. The van der Waals surface area contributed by atoms with Gasteiger partial charge in [0.15, 0.2) is 0 Å². The Bertz CT molecular complexity index is 1100. The van der Waals surface area contributed by atoms with Crippen molar-refractivity contribution >= 4 is 43.1 Å². The predicted molar refractivity (Wildman–Crippen MR) is 98.9 cm³/mol. The van der Waals surface area contributed by atoms with Crippen molar-refractivity contribution in [3.05, 3.63) is 59.7 Å². The van der Waals surface area contributed by atoms with E-state index in [4.69, 9.17) is 0 Å². The third-order valence-corrected chi connectivity index (χ3v) is 5.01. The van der Waals surface area contributed by atoms with E-state index < -0.39 is 0 Å². The smallest absolute Gasteiger partial charge is 0.231 e. The summed E-state index contributed by atoms with van der Waals surface area (Å²) in [6.45, 7) is 3.94. The van der Waals surface area contributed by atoms with Gasteiger partial charge >= 0.3 is 0 Å². The molecule has 0 aliphatic carbocycles. The number of thiazole rings is 1. The monoisotopic (exact) mass is 333 g/mol. The fraction of sp³-hybridized carbons (Fsp3) is 0.105. The molecule has 3 aromatic carbocycles. The maximum Gasteiger partial charge on any atom is 0.231 e. The number of aromatic nitrogens is 1. The topological polar surface area (TPSA) is 57.8 Å². The van der Waals surface area contributed by atoms with Crippen LogP contribution in [0.1, 0.15) is 11.1 Å². The van der Waals surface area contributed by atoms with E-state index >= 15 is 0 Å². The number of phenols is 1. The number of aromatic hydroxyl groups is 1. The number of benzene rings is 3. The molecule has 118 valence electrons. The summed E-state index contributed by atoms with van der Waals surface area (Å²) >= 11 is 1.49. The minimum Gasteiger partial charge on any atom is -0.506 e. The van der Waals surface area contributed by atoms with E-state index in [-0.39, 0.29) is 5.75 Å². The van der Waals surface area contributed by atoms with Gasteiger partial charge in [0.2, 0.25) is 5.13 Å². The van der Waals surface area contributed by atoms with Gasteiger partial charge in [-0.1, -0.05) is 41.7 Å². The van der Waals surface area contributed by atoms with Gasteiger partial charge in [-0.05, 0) is 48.6 Å². The van der Waals surface area contributed by atoms with Crippen LogP contribution in [0.2, 0.25) is 0 Å². The van der Waals surface area contributed by atoms with Gasteiger partial charge in [-0.3, -0.25) is 0 Å². The first-order valence-electron chi connectivity index (χ1n) is 7.62. The summed E-state index contributed by atoms with van der Waals surface area (Å²) in [5.74, 6) is 0.133. The summed E-state index contributed by atoms with van der Waals surface area (Å²) in [5, 5.41) is 21.3. The van der Waals surface area contributed by atoms with Gasteiger partial charge in [0.1, 0.15) is 11.4 Å². The molecule has 0 saturated heterocycles. The highest BCUT2D eigenvalue weighted by Gasteiger charge is 2.08. The maximum absolute atomic E-state index is 10.0. The molecule has 0 radical (unpaired) electrons. The third-order valence-electron chi connectivity index (χ3n) is 4.11. The molecule has 1 aromatic heterocycles. The summed E-state index contributed by atoms with van der Waals surface area (Å²) in [6, 6.07) is 15.8. The Hall–Kier alpha value is -2.79. The number of nitrogens with zero attached hydrogens (tertiary/aromatic N) is 3. The lowest BCUT2D eigenvalue weighted by Crippen LogP contribution is -1.79. The van der Waals surface area contributed by atoms with Gasteiger partial charge in [-0.25, -0.2) is 4.98 Å². The fourth-order valence-corrected chi connectivity index (χ4v) is 3.46. The van der Waals surface area contributed by atoms with Crippen LogP contribution in [0, 0.1) is 13.8 Å². The van der Waals surface area contributed by atoms with Crippen LogP contribution in [-0.2, 0) is 0 Å². The summed E-state index contributed by atoms with van der Waals surface area (Å²) in [6.07, 6.45) is 0. The molecule has 0 fully saturated rings. The second-order valence-electron chi connectivity index (χ2n) is 5.76. The molecule has 0 aliphatic heterocycles. The van der Waals surface area contributed by atoms with Gasteiger partial charge in [-0.15, -0.1) is 10.2 Å². The van der Waals surface area contributed by atoms with Gasteiger partial charge in [0.05, 0.1) is 10.2 Å². The zero-order valence-corrected chi connectivity index (χ0v) is 14.1. The number of aryl methyl sites for hydroxylation is 2. The third kappa shape index (κ3) is 2.53. The van der Waals surface area contributed by atoms with Crippen LogP contribution >= 0.6 is 11.3 Å². The Morgan fingerprint density at radius 3 is 2.62 bits per heavy atom. The highest BCUT2D eigenvalue weighted by molar-refractivity contribution is 7.22. The lowest BCUT2D eigenvalue weighted by Gasteiger charge is -2.02. The molecule has 0 unspecified atom stereocenters. The molecule has 0 saturated carbocycles. The zero-order chi connectivity index (χ0) is 16.7. The molecular formula is C19H15N3OS. The van der Waals surface area contributed by atoms with Crippen molar-refractivity contribution in [2.75, 3.05) is 0 Å². The number of fused-ring (bicyclic) bond motifs is 3. The Balaban J connectivity index is 1.77. The molecule has 1 heterocycles. The van der Waals surface area contributed by atoms with Crippen LogP contribution in [0.4, 0.5) is 10.8 Å². The molecule has 0 atom stereocenters. The highest BCUT2D eigenvalue weighted by Crippen LogP contribution is 2.35. The Morgan fingerprint density at radius 2 is 1.75 bits per heavy atom. The van der Waals surface area contributed by atoms with Crippen LogP contribution in [0.3, 0.4) is 0 Å². The molecule has 0 amide bonds. The Labute approximate surface area is 143 Å². The van der Waals surface area contributed by atoms with Crippen molar-refractivity contribution < 1.29 is 5.11 Å². The second kappa shape index (κ2) is 5.69. The molecule has 1 N–H and O–H groups in total. The molecule has 4 rings (SSSR count). The molecular weight excluding hydrogens is 318 g/mol. The molecule has 0 aliphatic rings. The molecule has 0 bridgehead atoms. The number of phenolic OH excluding ortho intramolecular Hbond substituents is 1. The SMILES string of the molecule is Cc1cc(O)c(N=Nc2nc3c(ccc4ccccc43)s2)cc1C. The zero-order valence-electron chi connectivity index (χ0n) is 13.3. The van der Waals surface area contributed by atoms with E-state index in [9.17, 15) is 5.11 Å². The van der Waals surface area contributed by atoms with Gasteiger partial charge in [0, 0.05) is 5.39 Å². The highest BCUT2D eigenvalue weighted by atomic mass is 32.1. The maximum atomic E-state index is 10.0. The van der Waals surface area contributed by atoms with Gasteiger partial charge < -0.3 is 5.11 Å². The molecule has 0 spiro atoms. The number of hydrogen-bond acceptors (Lipinski definition) is 5. The second-order valence-corrected chi connectivity index (χ2v) is 6.76. The van der Waals surface area contributed by atoms with Crippen molar-refractivity contribution in [3.8, 4) is 5.75 Å². The van der Waals surface area contributed by atoms with Crippen molar-refractivity contribution in [3.63, 3.8) is 0 Å². The summed E-state index contributed by atoms with van der Waals surface area (Å²) in [5.41, 5.74) is 3.49. The minimum atomic E-state index is 0.133. The van der Waals surface area contributed by atoms with E-state index in [2.05, 4.69) is 39.5 Å². The first-order chi connectivity index (χ1) is 11.6. The summed E-state index contributed by atoms with van der Waals surface area (Å²) in [7, 11) is 0.